The van der Waals surface area contributed by atoms with Gasteiger partial charge >= 0.3 is 0 Å². The number of phenols is 1. The molecule has 0 heterocycles. The predicted molar refractivity (Wildman–Crippen MR) is 82.0 cm³/mol. The lowest BCUT2D eigenvalue weighted by atomic mass is 10.1. The van der Waals surface area contributed by atoms with Crippen molar-refractivity contribution >= 4 is 12.0 Å². The van der Waals surface area contributed by atoms with Crippen molar-refractivity contribution in [1.29, 1.82) is 0 Å². The van der Waals surface area contributed by atoms with Crippen molar-refractivity contribution in [1.82, 2.24) is 5.32 Å². The highest BCUT2D eigenvalue weighted by Crippen LogP contribution is 2.20. The molecular formula is C16H22N2O2. The number of phenolic OH excluding ortho intramolecular Hbond substituents is 1. The van der Waals surface area contributed by atoms with Gasteiger partial charge in [0.05, 0.1) is 0 Å². The molecule has 108 valence electrons. The number of rotatable bonds is 8. The van der Waals surface area contributed by atoms with Crippen LogP contribution in [-0.4, -0.2) is 24.1 Å². The van der Waals surface area contributed by atoms with E-state index in [4.69, 9.17) is 5.73 Å². The quantitative estimate of drug-likeness (QED) is 0.385. The number of nitrogens with one attached hydrogen (secondary N) is 1. The van der Waals surface area contributed by atoms with E-state index in [1.165, 1.54) is 0 Å². The highest BCUT2D eigenvalue weighted by molar-refractivity contribution is 5.63. The molecular weight excluding hydrogens is 252 g/mol. The third kappa shape index (κ3) is 5.31. The van der Waals surface area contributed by atoms with Crippen LogP contribution in [0.1, 0.15) is 30.9 Å². The summed E-state index contributed by atoms with van der Waals surface area (Å²) in [4.78, 5) is 10.8. The summed E-state index contributed by atoms with van der Waals surface area (Å²) in [6.07, 6.45) is 6.07. The van der Waals surface area contributed by atoms with Crippen molar-refractivity contribution in [2.75, 3.05) is 13.1 Å². The van der Waals surface area contributed by atoms with E-state index in [1.807, 2.05) is 25.0 Å². The van der Waals surface area contributed by atoms with Crippen LogP contribution < -0.4 is 11.1 Å². The topological polar surface area (TPSA) is 75.4 Å². The Morgan fingerprint density at radius 3 is 2.85 bits per heavy atom. The van der Waals surface area contributed by atoms with E-state index < -0.39 is 0 Å². The van der Waals surface area contributed by atoms with Crippen LogP contribution in [0.5, 0.6) is 5.75 Å². The average molecular weight is 274 g/mol. The number of nitrogens with two attached hydrogens (primary N) is 1. The summed E-state index contributed by atoms with van der Waals surface area (Å²) in [6, 6.07) is 5.48. The molecule has 0 aliphatic heterocycles. The molecule has 0 amide bonds. The standard InChI is InChI=1S/C16H22N2O2/c1-2-14-7-5-13(11-16(14)20)6-8-15(12-19)18-10-4-3-9-17/h5-8,11,18,20H,2-4,9-10,17H2,1H3/b8-6+. The molecule has 0 unspecified atom stereocenters. The van der Waals surface area contributed by atoms with Gasteiger partial charge in [0.15, 0.2) is 0 Å². The van der Waals surface area contributed by atoms with E-state index >= 15 is 0 Å². The maximum atomic E-state index is 10.8. The smallest absolute Gasteiger partial charge is 0.150 e. The van der Waals surface area contributed by atoms with Crippen molar-refractivity contribution in [2.24, 2.45) is 5.73 Å². The Kier molecular flexibility index (Phi) is 7.18. The second kappa shape index (κ2) is 8.97. The van der Waals surface area contributed by atoms with E-state index in [-0.39, 0.29) is 5.75 Å². The first-order valence-corrected chi connectivity index (χ1v) is 6.90. The van der Waals surface area contributed by atoms with Gasteiger partial charge in [0, 0.05) is 6.54 Å². The number of unbranched alkanes of at least 4 members (excludes halogenated alkanes) is 1. The largest absolute Gasteiger partial charge is 0.508 e. The Morgan fingerprint density at radius 1 is 1.45 bits per heavy atom. The zero-order valence-electron chi connectivity index (χ0n) is 11.9. The Bertz CT molecular complexity index is 503. The van der Waals surface area contributed by atoms with E-state index in [2.05, 4.69) is 5.32 Å². The Labute approximate surface area is 120 Å². The monoisotopic (exact) mass is 274 g/mol. The molecule has 0 aliphatic carbocycles. The minimum Gasteiger partial charge on any atom is -0.508 e. The Morgan fingerprint density at radius 2 is 2.25 bits per heavy atom. The molecule has 0 bridgehead atoms. The number of aryl methyl sites for hydroxylation is 1. The third-order valence-corrected chi connectivity index (χ3v) is 2.99. The first-order chi connectivity index (χ1) is 9.71. The van der Waals surface area contributed by atoms with Gasteiger partial charge in [-0.25, -0.2) is 4.79 Å². The van der Waals surface area contributed by atoms with Gasteiger partial charge < -0.3 is 16.2 Å². The Hall–Kier alpha value is -2.03. The molecule has 0 fully saturated rings. The average Bonchev–Trinajstić information content (AvgIpc) is 2.46. The molecule has 1 aromatic carbocycles. The van der Waals surface area contributed by atoms with Gasteiger partial charge in [0.25, 0.3) is 0 Å². The fraction of sp³-hybridized carbons (Fsp3) is 0.375. The van der Waals surface area contributed by atoms with Crippen molar-refractivity contribution in [3.63, 3.8) is 0 Å². The SMILES string of the molecule is CCc1ccc(/C=C/C(=C=O)NCCCCN)cc1O. The summed E-state index contributed by atoms with van der Waals surface area (Å²) in [6.45, 7) is 3.34. The summed E-state index contributed by atoms with van der Waals surface area (Å²) in [5.74, 6) is 2.14. The number of allylic oxidation sites excluding steroid dienone is 1. The van der Waals surface area contributed by atoms with E-state index in [1.54, 1.807) is 18.2 Å². The zero-order chi connectivity index (χ0) is 14.8. The van der Waals surface area contributed by atoms with Gasteiger partial charge in [0.1, 0.15) is 17.4 Å². The van der Waals surface area contributed by atoms with E-state index in [0.717, 1.165) is 30.4 Å². The van der Waals surface area contributed by atoms with Crippen molar-refractivity contribution in [2.45, 2.75) is 26.2 Å². The fourth-order valence-electron chi connectivity index (χ4n) is 1.78. The first kappa shape index (κ1) is 16.0. The normalized spacial score (nSPS) is 10.5. The molecule has 0 aliphatic rings. The van der Waals surface area contributed by atoms with Gasteiger partial charge in [0.2, 0.25) is 0 Å². The fourth-order valence-corrected chi connectivity index (χ4v) is 1.78. The summed E-state index contributed by atoms with van der Waals surface area (Å²) < 4.78 is 0. The van der Waals surface area contributed by atoms with E-state index in [0.29, 0.717) is 18.8 Å². The second-order valence-electron chi connectivity index (χ2n) is 4.51. The molecule has 0 aromatic heterocycles. The number of hydrogen-bond donors (Lipinski definition) is 3. The second-order valence-corrected chi connectivity index (χ2v) is 4.51. The van der Waals surface area contributed by atoms with Crippen LogP contribution in [-0.2, 0) is 11.2 Å². The molecule has 20 heavy (non-hydrogen) atoms. The lowest BCUT2D eigenvalue weighted by molar-refractivity contribution is 0.469. The molecule has 4 N–H and O–H groups in total. The summed E-state index contributed by atoms with van der Waals surface area (Å²) >= 11 is 0. The summed E-state index contributed by atoms with van der Waals surface area (Å²) in [7, 11) is 0. The van der Waals surface area contributed by atoms with Crippen molar-refractivity contribution in [3.05, 3.63) is 41.1 Å². The lowest BCUT2D eigenvalue weighted by Crippen LogP contribution is -2.15. The highest BCUT2D eigenvalue weighted by Gasteiger charge is 1.99. The van der Waals surface area contributed by atoms with Gasteiger partial charge in [-0.3, -0.25) is 0 Å². The lowest BCUT2D eigenvalue weighted by Gasteiger charge is -2.04. The predicted octanol–water partition coefficient (Wildman–Crippen LogP) is 2.01. The maximum absolute atomic E-state index is 10.8. The molecule has 0 spiro atoms. The first-order valence-electron chi connectivity index (χ1n) is 6.90. The van der Waals surface area contributed by atoms with Crippen LogP contribution in [0, 0.1) is 0 Å². The van der Waals surface area contributed by atoms with Gasteiger partial charge in [-0.2, -0.15) is 0 Å². The summed E-state index contributed by atoms with van der Waals surface area (Å²) in [5, 5.41) is 12.8. The third-order valence-electron chi connectivity index (χ3n) is 2.99. The van der Waals surface area contributed by atoms with Crippen molar-refractivity contribution < 1.29 is 9.90 Å². The van der Waals surface area contributed by atoms with Crippen molar-refractivity contribution in [3.8, 4) is 5.75 Å². The number of carbonyl (C=O) groups excluding carboxylic acids is 1. The van der Waals surface area contributed by atoms with Crippen LogP contribution in [0.2, 0.25) is 0 Å². The Balaban J connectivity index is 2.61. The highest BCUT2D eigenvalue weighted by atomic mass is 16.3. The molecule has 1 aromatic rings. The van der Waals surface area contributed by atoms with Crippen LogP contribution in [0.15, 0.2) is 30.0 Å². The van der Waals surface area contributed by atoms with Gasteiger partial charge in [-0.1, -0.05) is 25.1 Å². The van der Waals surface area contributed by atoms with Crippen LogP contribution in [0.3, 0.4) is 0 Å². The van der Waals surface area contributed by atoms with Crippen LogP contribution >= 0.6 is 0 Å². The number of benzene rings is 1. The van der Waals surface area contributed by atoms with Gasteiger partial charge in [-0.05, 0) is 49.1 Å². The maximum Gasteiger partial charge on any atom is 0.150 e. The van der Waals surface area contributed by atoms with E-state index in [9.17, 15) is 9.90 Å². The molecule has 4 nitrogen and oxygen atoms in total. The molecule has 0 saturated heterocycles. The minimum absolute atomic E-state index is 0.280. The zero-order valence-corrected chi connectivity index (χ0v) is 11.9. The number of hydrogen-bond acceptors (Lipinski definition) is 4. The molecule has 0 radical (unpaired) electrons. The minimum atomic E-state index is 0.280. The summed E-state index contributed by atoms with van der Waals surface area (Å²) in [5.41, 5.74) is 7.56. The van der Waals surface area contributed by atoms with Crippen LogP contribution in [0.25, 0.3) is 6.08 Å². The van der Waals surface area contributed by atoms with Crippen LogP contribution in [0.4, 0.5) is 0 Å². The molecule has 0 atom stereocenters. The molecule has 0 saturated carbocycles. The number of aromatic hydroxyl groups is 1. The molecule has 4 heteroatoms. The van der Waals surface area contributed by atoms with Gasteiger partial charge in [-0.15, -0.1) is 0 Å². The molecule has 1 rings (SSSR count).